The second-order valence-corrected chi connectivity index (χ2v) is 10.5. The third kappa shape index (κ3) is 3.81. The summed E-state index contributed by atoms with van der Waals surface area (Å²) in [6.07, 6.45) is -2.65. The first kappa shape index (κ1) is 27.1. The van der Waals surface area contributed by atoms with Crippen LogP contribution < -0.4 is 10.5 Å². The summed E-state index contributed by atoms with van der Waals surface area (Å²) in [5.74, 6) is -9.89. The Morgan fingerprint density at radius 1 is 1.07 bits per heavy atom. The number of esters is 1. The van der Waals surface area contributed by atoms with E-state index in [0.717, 1.165) is 5.56 Å². The lowest BCUT2D eigenvalue weighted by Crippen LogP contribution is -2.63. The van der Waals surface area contributed by atoms with E-state index in [1.807, 2.05) is 6.92 Å². The Labute approximate surface area is 227 Å². The zero-order valence-electron chi connectivity index (χ0n) is 21.5. The molecule has 1 fully saturated rings. The molecule has 5 atom stereocenters. The molecule has 1 amide bonds. The van der Waals surface area contributed by atoms with Gasteiger partial charge in [0.1, 0.15) is 28.6 Å². The fourth-order valence-electron chi connectivity index (χ4n) is 6.11. The number of hydrogen-bond acceptors (Lipinski definition) is 10. The molecule has 2 aromatic rings. The highest BCUT2D eigenvalue weighted by Crippen LogP contribution is 2.55. The predicted molar refractivity (Wildman–Crippen MR) is 138 cm³/mol. The Hall–Kier alpha value is -4.48. The normalized spacial score (nSPS) is 27.6. The number of benzene rings is 2. The van der Waals surface area contributed by atoms with Crippen molar-refractivity contribution in [3.8, 4) is 11.5 Å². The van der Waals surface area contributed by atoms with Crippen LogP contribution in [0.1, 0.15) is 41.5 Å². The number of carbonyl (C=O) groups excluding carboxylic acids is 4. The Balaban J connectivity index is 1.58. The van der Waals surface area contributed by atoms with Crippen molar-refractivity contribution >= 4 is 29.2 Å². The first-order valence-electron chi connectivity index (χ1n) is 12.6. The van der Waals surface area contributed by atoms with Crippen LogP contribution >= 0.6 is 0 Å². The molecule has 0 aromatic heterocycles. The van der Waals surface area contributed by atoms with Gasteiger partial charge in [0, 0.05) is 29.4 Å². The number of aromatic hydroxyl groups is 1. The molecule has 3 aliphatic rings. The Morgan fingerprint density at radius 2 is 1.73 bits per heavy atom. The number of aliphatic hydroxyl groups excluding tert-OH is 3. The lowest BCUT2D eigenvalue weighted by molar-refractivity contribution is -0.160. The van der Waals surface area contributed by atoms with Gasteiger partial charge in [-0.15, -0.1) is 0 Å². The maximum atomic E-state index is 13.7. The van der Waals surface area contributed by atoms with E-state index in [-0.39, 0.29) is 17.5 Å². The van der Waals surface area contributed by atoms with Crippen molar-refractivity contribution in [2.24, 2.45) is 17.6 Å². The number of aliphatic hydroxyl groups is 4. The van der Waals surface area contributed by atoms with Gasteiger partial charge in [-0.05, 0) is 30.5 Å². The zero-order valence-corrected chi connectivity index (χ0v) is 21.5. The standard InChI is InChI=1S/C29H27NO10/c1-11-3-6-14(7-4-11)40-18(32)9-13-5-8-15-12(2)19-22(25(35)20(15)23(13)33)27(37)29(39)16(24(19)34)10-17(31)21(26(29)36)28(30)38/h3-8,12,16,19,24,33-36,39H,9-10H2,1-2H3,(H2,30,38). The van der Waals surface area contributed by atoms with Gasteiger partial charge in [-0.1, -0.05) is 36.8 Å². The SMILES string of the molecule is Cc1ccc(OC(=O)Cc2ccc3c(c2O)C(O)=C2C(=O)C4(O)C(O)=C(C(N)=O)C(=O)CC4C(O)C2C3C)cc1. The van der Waals surface area contributed by atoms with E-state index in [1.54, 1.807) is 31.2 Å². The molecule has 11 nitrogen and oxygen atoms in total. The van der Waals surface area contributed by atoms with Crippen LogP contribution in [0.2, 0.25) is 0 Å². The van der Waals surface area contributed by atoms with E-state index in [4.69, 9.17) is 10.5 Å². The molecule has 2 aromatic carbocycles. The number of fused-ring (bicyclic) bond motifs is 3. The van der Waals surface area contributed by atoms with Crippen LogP contribution in [0.3, 0.4) is 0 Å². The molecule has 0 radical (unpaired) electrons. The van der Waals surface area contributed by atoms with Gasteiger partial charge in [-0.25, -0.2) is 0 Å². The average molecular weight is 550 g/mol. The second-order valence-electron chi connectivity index (χ2n) is 10.5. The average Bonchev–Trinajstić information content (AvgIpc) is 2.89. The number of hydrogen-bond donors (Lipinski definition) is 6. The van der Waals surface area contributed by atoms with Crippen molar-refractivity contribution < 1.29 is 49.4 Å². The first-order chi connectivity index (χ1) is 18.8. The molecular weight excluding hydrogens is 522 g/mol. The van der Waals surface area contributed by atoms with Crippen LogP contribution in [-0.2, 0) is 25.6 Å². The molecule has 0 bridgehead atoms. The summed E-state index contributed by atoms with van der Waals surface area (Å²) in [6.45, 7) is 3.50. The number of carbonyl (C=O) groups is 4. The summed E-state index contributed by atoms with van der Waals surface area (Å²) in [5.41, 5.74) is 2.02. The molecule has 1 saturated carbocycles. The molecule has 0 aliphatic heterocycles. The molecule has 208 valence electrons. The molecule has 11 heteroatoms. The predicted octanol–water partition coefficient (Wildman–Crippen LogP) is 1.41. The van der Waals surface area contributed by atoms with Crippen molar-refractivity contribution in [3.63, 3.8) is 0 Å². The number of rotatable bonds is 4. The van der Waals surface area contributed by atoms with Gasteiger partial charge in [0.2, 0.25) is 5.78 Å². The number of nitrogens with two attached hydrogens (primary N) is 1. The Bertz CT molecular complexity index is 1550. The molecule has 0 spiro atoms. The maximum absolute atomic E-state index is 13.7. The summed E-state index contributed by atoms with van der Waals surface area (Å²) in [6, 6.07) is 9.75. The van der Waals surface area contributed by atoms with E-state index in [9.17, 15) is 44.7 Å². The van der Waals surface area contributed by atoms with Crippen molar-refractivity contribution in [2.75, 3.05) is 0 Å². The lowest BCUT2D eigenvalue weighted by atomic mass is 9.55. The third-order valence-electron chi connectivity index (χ3n) is 8.17. The van der Waals surface area contributed by atoms with Gasteiger partial charge in [-0.3, -0.25) is 19.2 Å². The number of phenolic OH excluding ortho intramolecular Hbond substituents is 1. The fourth-order valence-corrected chi connectivity index (χ4v) is 6.11. The smallest absolute Gasteiger partial charge is 0.315 e. The fraction of sp³-hybridized carbons (Fsp3) is 0.310. The van der Waals surface area contributed by atoms with Gasteiger partial charge in [-0.2, -0.15) is 0 Å². The largest absolute Gasteiger partial charge is 0.508 e. The molecular formula is C29H27NO10. The molecule has 5 unspecified atom stereocenters. The second kappa shape index (κ2) is 9.32. The summed E-state index contributed by atoms with van der Waals surface area (Å²) < 4.78 is 5.32. The molecule has 3 aliphatic carbocycles. The third-order valence-corrected chi connectivity index (χ3v) is 8.17. The van der Waals surface area contributed by atoms with Gasteiger partial charge < -0.3 is 36.0 Å². The Kier molecular flexibility index (Phi) is 6.31. The zero-order chi connectivity index (χ0) is 29.3. The lowest BCUT2D eigenvalue weighted by Gasteiger charge is -2.50. The Morgan fingerprint density at radius 3 is 2.35 bits per heavy atom. The highest BCUT2D eigenvalue weighted by Gasteiger charge is 2.64. The molecule has 40 heavy (non-hydrogen) atoms. The summed E-state index contributed by atoms with van der Waals surface area (Å²) in [7, 11) is 0. The quantitative estimate of drug-likeness (QED) is 0.184. The first-order valence-corrected chi connectivity index (χ1v) is 12.6. The van der Waals surface area contributed by atoms with Crippen LogP contribution in [0.4, 0.5) is 0 Å². The highest BCUT2D eigenvalue weighted by atomic mass is 16.5. The van der Waals surface area contributed by atoms with Gasteiger partial charge in [0.15, 0.2) is 11.4 Å². The monoisotopic (exact) mass is 549 g/mol. The summed E-state index contributed by atoms with van der Waals surface area (Å²) >= 11 is 0. The maximum Gasteiger partial charge on any atom is 0.315 e. The van der Waals surface area contributed by atoms with Gasteiger partial charge in [0.05, 0.1) is 18.1 Å². The minimum atomic E-state index is -2.92. The number of primary amides is 1. The van der Waals surface area contributed by atoms with E-state index < -0.39 is 87.7 Å². The number of aryl methyl sites for hydroxylation is 1. The number of amides is 1. The van der Waals surface area contributed by atoms with Gasteiger partial charge in [0.25, 0.3) is 5.91 Å². The molecule has 7 N–H and O–H groups in total. The van der Waals surface area contributed by atoms with E-state index in [2.05, 4.69) is 0 Å². The van der Waals surface area contributed by atoms with Crippen LogP contribution in [0, 0.1) is 18.8 Å². The molecule has 0 heterocycles. The topological polar surface area (TPSA) is 205 Å². The number of ketones is 2. The number of Topliss-reactive ketones (excluding diaryl/α,β-unsaturated/α-hetero) is 2. The van der Waals surface area contributed by atoms with Crippen molar-refractivity contribution in [1.82, 2.24) is 0 Å². The number of phenols is 1. The molecule has 0 saturated heterocycles. The minimum Gasteiger partial charge on any atom is -0.508 e. The molecule has 5 rings (SSSR count). The summed E-state index contributed by atoms with van der Waals surface area (Å²) in [4.78, 5) is 50.6. The highest BCUT2D eigenvalue weighted by molar-refractivity contribution is 6.23. The minimum absolute atomic E-state index is 0.0797. The van der Waals surface area contributed by atoms with Crippen molar-refractivity contribution in [3.05, 3.63) is 75.6 Å². The van der Waals surface area contributed by atoms with E-state index in [0.29, 0.717) is 11.3 Å². The van der Waals surface area contributed by atoms with Crippen molar-refractivity contribution in [1.29, 1.82) is 0 Å². The van der Waals surface area contributed by atoms with Crippen LogP contribution in [0.5, 0.6) is 11.5 Å². The van der Waals surface area contributed by atoms with E-state index in [1.165, 1.54) is 12.1 Å². The van der Waals surface area contributed by atoms with Crippen LogP contribution in [0.15, 0.2) is 53.3 Å². The van der Waals surface area contributed by atoms with Crippen LogP contribution in [-0.4, -0.2) is 60.7 Å². The van der Waals surface area contributed by atoms with Gasteiger partial charge >= 0.3 is 5.97 Å². The number of ether oxygens (including phenoxy) is 1. The van der Waals surface area contributed by atoms with Crippen LogP contribution in [0.25, 0.3) is 5.76 Å². The van der Waals surface area contributed by atoms with Crippen molar-refractivity contribution in [2.45, 2.75) is 44.3 Å². The summed E-state index contributed by atoms with van der Waals surface area (Å²) in [5, 5.41) is 55.7. The van der Waals surface area contributed by atoms with E-state index >= 15 is 0 Å².